The number of benzene rings is 2. The summed E-state index contributed by atoms with van der Waals surface area (Å²) in [5, 5.41) is 2.94. The number of halogens is 3. The van der Waals surface area contributed by atoms with Gasteiger partial charge in [0.15, 0.2) is 11.4 Å². The van der Waals surface area contributed by atoms with Crippen LogP contribution in [0.25, 0.3) is 11.0 Å². The molecule has 1 atom stereocenters. The molecule has 3 heterocycles. The number of anilines is 2. The van der Waals surface area contributed by atoms with Gasteiger partial charge in [0.05, 0.1) is 16.0 Å². The number of fused-ring (bicyclic) bond motifs is 1. The molecule has 0 radical (unpaired) electrons. The van der Waals surface area contributed by atoms with Crippen molar-refractivity contribution >= 4 is 38.7 Å². The van der Waals surface area contributed by atoms with E-state index in [2.05, 4.69) is 20.0 Å². The van der Waals surface area contributed by atoms with Crippen molar-refractivity contribution in [1.82, 2.24) is 13.9 Å². The zero-order valence-electron chi connectivity index (χ0n) is 26.6. The minimum absolute atomic E-state index is 0.132. The largest absolute Gasteiger partial charge is 0.573 e. The third-order valence-electron chi connectivity index (χ3n) is 7.06. The summed E-state index contributed by atoms with van der Waals surface area (Å²) in [6.07, 6.45) is -1.66. The SMILES string of the molecule is CC.Cc1ccc(S(=O)(=O)n2ccc3c(N4CCCC(c5ccc(OC(F)(F)F)c(NC(=O)OC(C)(C)C)c5)C4)ncnc32)cc1. The molecule has 5 rings (SSSR count). The lowest BCUT2D eigenvalue weighted by Gasteiger charge is -2.34. The molecule has 1 unspecified atom stereocenters. The van der Waals surface area contributed by atoms with Crippen molar-refractivity contribution in [2.75, 3.05) is 23.3 Å². The molecule has 14 heteroatoms. The third kappa shape index (κ3) is 8.08. The summed E-state index contributed by atoms with van der Waals surface area (Å²) in [6, 6.07) is 12.4. The average molecular weight is 662 g/mol. The quantitative estimate of drug-likeness (QED) is 0.224. The van der Waals surface area contributed by atoms with E-state index in [0.717, 1.165) is 22.4 Å². The Balaban J connectivity index is 0.00000235. The molecule has 0 spiro atoms. The molecule has 1 fully saturated rings. The van der Waals surface area contributed by atoms with E-state index < -0.39 is 33.8 Å². The minimum Gasteiger partial charge on any atom is -0.444 e. The fourth-order valence-electron chi connectivity index (χ4n) is 5.15. The number of hydrogen-bond acceptors (Lipinski definition) is 8. The van der Waals surface area contributed by atoms with Gasteiger partial charge in [-0.25, -0.2) is 27.2 Å². The third-order valence-corrected chi connectivity index (χ3v) is 8.74. The topological polar surface area (TPSA) is 116 Å². The van der Waals surface area contributed by atoms with Crippen LogP contribution in [0.15, 0.2) is 66.0 Å². The van der Waals surface area contributed by atoms with Gasteiger partial charge in [-0.15, -0.1) is 13.2 Å². The van der Waals surface area contributed by atoms with Crippen molar-refractivity contribution in [3.05, 3.63) is 72.2 Å². The molecule has 0 saturated carbocycles. The normalized spacial score (nSPS) is 15.6. The van der Waals surface area contributed by atoms with Crippen LogP contribution < -0.4 is 15.0 Å². The lowest BCUT2D eigenvalue weighted by molar-refractivity contribution is -0.274. The maximum Gasteiger partial charge on any atom is 0.573 e. The van der Waals surface area contributed by atoms with Gasteiger partial charge in [0.2, 0.25) is 0 Å². The van der Waals surface area contributed by atoms with Gasteiger partial charge in [0, 0.05) is 25.2 Å². The summed E-state index contributed by atoms with van der Waals surface area (Å²) in [4.78, 5) is 23.3. The summed E-state index contributed by atoms with van der Waals surface area (Å²) >= 11 is 0. The van der Waals surface area contributed by atoms with Crippen molar-refractivity contribution in [3.63, 3.8) is 0 Å². The van der Waals surface area contributed by atoms with Gasteiger partial charge in [-0.05, 0) is 76.4 Å². The van der Waals surface area contributed by atoms with Crippen LogP contribution in [0.4, 0.5) is 29.5 Å². The molecule has 1 saturated heterocycles. The second kappa shape index (κ2) is 13.6. The van der Waals surface area contributed by atoms with Crippen LogP contribution in [-0.4, -0.2) is 53.5 Å². The van der Waals surface area contributed by atoms with Crippen molar-refractivity contribution in [1.29, 1.82) is 0 Å². The monoisotopic (exact) mass is 661 g/mol. The Bertz CT molecular complexity index is 1780. The summed E-state index contributed by atoms with van der Waals surface area (Å²) in [7, 11) is -3.91. The summed E-state index contributed by atoms with van der Waals surface area (Å²) < 4.78 is 76.7. The molecule has 0 aliphatic carbocycles. The highest BCUT2D eigenvalue weighted by Crippen LogP contribution is 2.37. The Labute approximate surface area is 266 Å². The number of rotatable bonds is 6. The first kappa shape index (κ1) is 34.5. The Morgan fingerprint density at radius 1 is 1.02 bits per heavy atom. The lowest BCUT2D eigenvalue weighted by atomic mass is 9.90. The van der Waals surface area contributed by atoms with Crippen molar-refractivity contribution < 1.29 is 35.9 Å². The number of nitrogens with one attached hydrogen (secondary N) is 1. The first-order valence-corrected chi connectivity index (χ1v) is 16.3. The van der Waals surface area contributed by atoms with Gasteiger partial charge in [0.1, 0.15) is 17.7 Å². The number of piperidine rings is 1. The van der Waals surface area contributed by atoms with Crippen LogP contribution in [0.5, 0.6) is 5.75 Å². The number of hydrogen-bond donors (Lipinski definition) is 1. The molecular weight excluding hydrogens is 623 g/mol. The molecule has 1 aliphatic rings. The molecular formula is C32H38F3N5O5S. The number of amides is 1. The van der Waals surface area contributed by atoms with Gasteiger partial charge in [-0.2, -0.15) is 0 Å². The van der Waals surface area contributed by atoms with Gasteiger partial charge in [-0.1, -0.05) is 37.6 Å². The number of aryl methyl sites for hydroxylation is 1. The average Bonchev–Trinajstić information content (AvgIpc) is 3.43. The van der Waals surface area contributed by atoms with Crippen LogP contribution in [0.2, 0.25) is 0 Å². The molecule has 46 heavy (non-hydrogen) atoms. The van der Waals surface area contributed by atoms with Crippen molar-refractivity contribution in [2.45, 2.75) is 77.2 Å². The Morgan fingerprint density at radius 2 is 1.72 bits per heavy atom. The zero-order chi connectivity index (χ0) is 33.9. The lowest BCUT2D eigenvalue weighted by Crippen LogP contribution is -2.35. The highest BCUT2D eigenvalue weighted by molar-refractivity contribution is 7.90. The number of carbonyl (C=O) groups excluding carboxylic acids is 1. The summed E-state index contributed by atoms with van der Waals surface area (Å²) in [5.41, 5.74) is 0.808. The summed E-state index contributed by atoms with van der Waals surface area (Å²) in [5.74, 6) is -0.165. The molecule has 4 aromatic rings. The van der Waals surface area contributed by atoms with E-state index in [4.69, 9.17) is 4.74 Å². The maximum atomic E-state index is 13.4. The van der Waals surface area contributed by atoms with Crippen LogP contribution in [0.3, 0.4) is 0 Å². The van der Waals surface area contributed by atoms with E-state index in [-0.39, 0.29) is 22.1 Å². The second-order valence-electron chi connectivity index (χ2n) is 11.6. The first-order valence-electron chi connectivity index (χ1n) is 14.9. The number of alkyl halides is 3. The van der Waals surface area contributed by atoms with Crippen LogP contribution >= 0.6 is 0 Å². The molecule has 248 valence electrons. The molecule has 2 aromatic carbocycles. The molecule has 2 aromatic heterocycles. The van der Waals surface area contributed by atoms with Gasteiger partial charge in [-0.3, -0.25) is 5.32 Å². The summed E-state index contributed by atoms with van der Waals surface area (Å²) in [6.45, 7) is 11.9. The molecule has 1 amide bonds. The predicted molar refractivity (Wildman–Crippen MR) is 170 cm³/mol. The van der Waals surface area contributed by atoms with E-state index in [1.165, 1.54) is 30.7 Å². The van der Waals surface area contributed by atoms with Crippen LogP contribution in [0, 0.1) is 6.92 Å². The number of ether oxygens (including phenoxy) is 2. The second-order valence-corrected chi connectivity index (χ2v) is 13.4. The van der Waals surface area contributed by atoms with Gasteiger partial charge in [0.25, 0.3) is 10.0 Å². The molecule has 0 bridgehead atoms. The molecule has 1 aliphatic heterocycles. The Kier molecular flexibility index (Phi) is 10.2. The minimum atomic E-state index is -4.96. The highest BCUT2D eigenvalue weighted by atomic mass is 32.2. The van der Waals surface area contributed by atoms with E-state index in [1.54, 1.807) is 51.1 Å². The number of carbonyl (C=O) groups is 1. The van der Waals surface area contributed by atoms with Crippen LogP contribution in [0.1, 0.15) is 64.5 Å². The Morgan fingerprint density at radius 3 is 2.37 bits per heavy atom. The fraction of sp³-hybridized carbons (Fsp3) is 0.406. The number of nitrogens with zero attached hydrogens (tertiary/aromatic N) is 4. The Hall–Kier alpha value is -4.33. The smallest absolute Gasteiger partial charge is 0.444 e. The number of aromatic nitrogens is 3. The predicted octanol–water partition coefficient (Wildman–Crippen LogP) is 7.63. The van der Waals surface area contributed by atoms with Crippen molar-refractivity contribution in [2.24, 2.45) is 0 Å². The standard InChI is InChI=1S/C30H32F3N5O5S.C2H6/c1-19-7-10-22(11-8-19)44(40,41)38-15-13-23-26(34-18-35-27(23)38)37-14-5-6-21(17-37)20-9-12-25(42-30(31,32)33)24(16-20)36-28(39)43-29(2,3)4;1-2/h7-13,15-16,18,21H,5-6,14,17H2,1-4H3,(H,36,39);1-2H3. The zero-order valence-corrected chi connectivity index (χ0v) is 27.4. The van der Waals surface area contributed by atoms with Crippen molar-refractivity contribution in [3.8, 4) is 5.75 Å². The van der Waals surface area contributed by atoms with E-state index in [1.807, 2.05) is 25.7 Å². The van der Waals surface area contributed by atoms with E-state index in [0.29, 0.717) is 29.9 Å². The highest BCUT2D eigenvalue weighted by Gasteiger charge is 2.33. The first-order chi connectivity index (χ1) is 21.6. The van der Waals surface area contributed by atoms with Crippen LogP contribution in [-0.2, 0) is 14.8 Å². The van der Waals surface area contributed by atoms with Gasteiger partial charge < -0.3 is 14.4 Å². The maximum absolute atomic E-state index is 13.4. The van der Waals surface area contributed by atoms with E-state index in [9.17, 15) is 26.4 Å². The van der Waals surface area contributed by atoms with Gasteiger partial charge >= 0.3 is 12.5 Å². The van der Waals surface area contributed by atoms with E-state index >= 15 is 0 Å². The fourth-order valence-corrected chi connectivity index (χ4v) is 6.45. The molecule has 1 N–H and O–H groups in total. The molecule has 10 nitrogen and oxygen atoms in total.